The van der Waals surface area contributed by atoms with E-state index < -0.39 is 0 Å². The van der Waals surface area contributed by atoms with Crippen LogP contribution in [0.2, 0.25) is 0 Å². The number of benzene rings is 1. The Morgan fingerprint density at radius 2 is 1.94 bits per heavy atom. The second-order valence-corrected chi connectivity index (χ2v) is 4.25. The number of aromatic nitrogens is 1. The Bertz CT molecular complexity index is 488. The van der Waals surface area contributed by atoms with Gasteiger partial charge in [0.15, 0.2) is 0 Å². The maximum atomic E-state index is 5.59. The van der Waals surface area contributed by atoms with Gasteiger partial charge in [0.1, 0.15) is 17.0 Å². The molecule has 4 heteroatoms. The van der Waals surface area contributed by atoms with E-state index in [1.165, 1.54) is 0 Å². The van der Waals surface area contributed by atoms with Crippen molar-refractivity contribution >= 4 is 15.9 Å². The second kappa shape index (κ2) is 5.68. The average Bonchev–Trinajstić information content (AvgIpc) is 2.37. The third kappa shape index (κ3) is 3.46. The number of halogens is 1. The van der Waals surface area contributed by atoms with Gasteiger partial charge in [-0.15, -0.1) is 0 Å². The number of nitrogens with zero attached hydrogens (tertiary/aromatic N) is 1. The molecule has 0 aliphatic heterocycles. The molecule has 1 aromatic heterocycles. The zero-order valence-electron chi connectivity index (χ0n) is 9.39. The van der Waals surface area contributed by atoms with Gasteiger partial charge >= 0.3 is 0 Å². The fraction of sp³-hybridized carbons (Fsp3) is 0.154. The molecule has 88 valence electrons. The molecule has 0 unspecified atom stereocenters. The first kappa shape index (κ1) is 11.9. The first-order chi connectivity index (χ1) is 8.28. The molecule has 1 heterocycles. The number of rotatable bonds is 4. The molecule has 1 aromatic carbocycles. The van der Waals surface area contributed by atoms with Crippen LogP contribution >= 0.6 is 15.9 Å². The molecule has 0 N–H and O–H groups in total. The molecule has 0 aliphatic rings. The Morgan fingerprint density at radius 3 is 2.65 bits per heavy atom. The van der Waals surface area contributed by atoms with E-state index in [-0.39, 0.29) is 0 Å². The lowest BCUT2D eigenvalue weighted by atomic mass is 10.2. The van der Waals surface area contributed by atoms with E-state index >= 15 is 0 Å². The smallest absolute Gasteiger partial charge is 0.218 e. The van der Waals surface area contributed by atoms with Gasteiger partial charge in [0.05, 0.1) is 7.11 Å². The standard InChI is InChI=1S/C13H12BrNO2/c1-16-11-7-12(14)15-13(8-11)17-9-10-5-3-2-4-6-10/h2-8H,9H2,1H3. The van der Waals surface area contributed by atoms with E-state index in [9.17, 15) is 0 Å². The van der Waals surface area contributed by atoms with Crippen LogP contribution in [-0.4, -0.2) is 12.1 Å². The number of ether oxygens (including phenoxy) is 2. The molecular weight excluding hydrogens is 282 g/mol. The van der Waals surface area contributed by atoms with Crippen molar-refractivity contribution in [2.24, 2.45) is 0 Å². The Balaban J connectivity index is 2.06. The van der Waals surface area contributed by atoms with Crippen LogP contribution in [0.1, 0.15) is 5.56 Å². The zero-order valence-corrected chi connectivity index (χ0v) is 11.0. The molecular formula is C13H12BrNO2. The summed E-state index contributed by atoms with van der Waals surface area (Å²) in [7, 11) is 1.61. The van der Waals surface area contributed by atoms with Gasteiger partial charge in [0.25, 0.3) is 0 Å². The van der Waals surface area contributed by atoms with Gasteiger partial charge in [0, 0.05) is 12.1 Å². The third-order valence-electron chi connectivity index (χ3n) is 2.21. The molecule has 0 saturated heterocycles. The van der Waals surface area contributed by atoms with Crippen LogP contribution in [0.3, 0.4) is 0 Å². The van der Waals surface area contributed by atoms with E-state index in [0.717, 1.165) is 11.3 Å². The summed E-state index contributed by atoms with van der Waals surface area (Å²) in [6.07, 6.45) is 0. The molecule has 0 saturated carbocycles. The molecule has 3 nitrogen and oxygen atoms in total. The zero-order chi connectivity index (χ0) is 12.1. The molecule has 2 aromatic rings. The highest BCUT2D eigenvalue weighted by molar-refractivity contribution is 9.10. The summed E-state index contributed by atoms with van der Waals surface area (Å²) in [6, 6.07) is 13.5. The van der Waals surface area contributed by atoms with Crippen molar-refractivity contribution in [2.75, 3.05) is 7.11 Å². The maximum Gasteiger partial charge on any atom is 0.218 e. The van der Waals surface area contributed by atoms with Gasteiger partial charge in [0.2, 0.25) is 5.88 Å². The van der Waals surface area contributed by atoms with Crippen LogP contribution in [0.15, 0.2) is 47.1 Å². The summed E-state index contributed by atoms with van der Waals surface area (Å²) in [6.45, 7) is 0.493. The average molecular weight is 294 g/mol. The molecule has 0 fully saturated rings. The third-order valence-corrected chi connectivity index (χ3v) is 2.62. The minimum Gasteiger partial charge on any atom is -0.496 e. The van der Waals surface area contributed by atoms with E-state index in [2.05, 4.69) is 20.9 Å². The summed E-state index contributed by atoms with van der Waals surface area (Å²) >= 11 is 3.31. The normalized spacial score (nSPS) is 10.0. The quantitative estimate of drug-likeness (QED) is 0.810. The molecule has 0 amide bonds. The van der Waals surface area contributed by atoms with Crippen molar-refractivity contribution in [3.8, 4) is 11.6 Å². The van der Waals surface area contributed by atoms with Crippen molar-refractivity contribution in [2.45, 2.75) is 6.61 Å². The SMILES string of the molecule is COc1cc(Br)nc(OCc2ccccc2)c1. The number of hydrogen-bond donors (Lipinski definition) is 0. The van der Waals surface area contributed by atoms with Crippen LogP contribution in [0.4, 0.5) is 0 Å². The van der Waals surface area contributed by atoms with Crippen LogP contribution in [0, 0.1) is 0 Å². The van der Waals surface area contributed by atoms with Crippen molar-refractivity contribution in [1.82, 2.24) is 4.98 Å². The predicted molar refractivity (Wildman–Crippen MR) is 69.3 cm³/mol. The summed E-state index contributed by atoms with van der Waals surface area (Å²) < 4.78 is 11.4. The summed E-state index contributed by atoms with van der Waals surface area (Å²) in [5.74, 6) is 1.26. The maximum absolute atomic E-state index is 5.59. The van der Waals surface area contributed by atoms with Crippen LogP contribution in [0.25, 0.3) is 0 Å². The Morgan fingerprint density at radius 1 is 1.18 bits per heavy atom. The van der Waals surface area contributed by atoms with Crippen LogP contribution in [0.5, 0.6) is 11.6 Å². The molecule has 17 heavy (non-hydrogen) atoms. The fourth-order valence-electron chi connectivity index (χ4n) is 1.37. The molecule has 2 rings (SSSR count). The number of hydrogen-bond acceptors (Lipinski definition) is 3. The molecule has 0 atom stereocenters. The fourth-order valence-corrected chi connectivity index (χ4v) is 1.77. The molecule has 0 spiro atoms. The largest absolute Gasteiger partial charge is 0.496 e. The minimum absolute atomic E-state index is 0.493. The minimum atomic E-state index is 0.493. The van der Waals surface area contributed by atoms with E-state index in [1.807, 2.05) is 30.3 Å². The highest BCUT2D eigenvalue weighted by Crippen LogP contribution is 2.22. The Labute approximate surface area is 109 Å². The van der Waals surface area contributed by atoms with Gasteiger partial charge < -0.3 is 9.47 Å². The Kier molecular flexibility index (Phi) is 3.98. The summed E-state index contributed by atoms with van der Waals surface area (Å²) in [5.41, 5.74) is 1.10. The van der Waals surface area contributed by atoms with Crippen molar-refractivity contribution < 1.29 is 9.47 Å². The monoisotopic (exact) mass is 293 g/mol. The van der Waals surface area contributed by atoms with Crippen molar-refractivity contribution in [1.29, 1.82) is 0 Å². The van der Waals surface area contributed by atoms with E-state index in [4.69, 9.17) is 9.47 Å². The van der Waals surface area contributed by atoms with E-state index in [0.29, 0.717) is 17.1 Å². The number of pyridine rings is 1. The van der Waals surface area contributed by atoms with Crippen LogP contribution in [-0.2, 0) is 6.61 Å². The number of methoxy groups -OCH3 is 1. The van der Waals surface area contributed by atoms with E-state index in [1.54, 1.807) is 19.2 Å². The van der Waals surface area contributed by atoms with Gasteiger partial charge in [-0.25, -0.2) is 4.98 Å². The summed E-state index contributed by atoms with van der Waals surface area (Å²) in [5, 5.41) is 0. The Hall–Kier alpha value is -1.55. The topological polar surface area (TPSA) is 31.4 Å². The first-order valence-electron chi connectivity index (χ1n) is 5.16. The van der Waals surface area contributed by atoms with Gasteiger partial charge in [-0.3, -0.25) is 0 Å². The van der Waals surface area contributed by atoms with Crippen molar-refractivity contribution in [3.63, 3.8) is 0 Å². The molecule has 0 radical (unpaired) electrons. The highest BCUT2D eigenvalue weighted by Gasteiger charge is 2.02. The molecule has 0 aliphatic carbocycles. The van der Waals surface area contributed by atoms with Crippen LogP contribution < -0.4 is 9.47 Å². The highest BCUT2D eigenvalue weighted by atomic mass is 79.9. The lowest BCUT2D eigenvalue weighted by molar-refractivity contribution is 0.290. The van der Waals surface area contributed by atoms with Gasteiger partial charge in [-0.05, 0) is 21.5 Å². The second-order valence-electron chi connectivity index (χ2n) is 3.44. The molecule has 0 bridgehead atoms. The lowest BCUT2D eigenvalue weighted by Gasteiger charge is -2.07. The predicted octanol–water partition coefficient (Wildman–Crippen LogP) is 3.43. The van der Waals surface area contributed by atoms with Gasteiger partial charge in [-0.1, -0.05) is 30.3 Å². The lowest BCUT2D eigenvalue weighted by Crippen LogP contribution is -1.97. The van der Waals surface area contributed by atoms with Gasteiger partial charge in [-0.2, -0.15) is 0 Å². The summed E-state index contributed by atoms with van der Waals surface area (Å²) in [4.78, 5) is 4.21. The first-order valence-corrected chi connectivity index (χ1v) is 5.95. The van der Waals surface area contributed by atoms with Crippen molar-refractivity contribution in [3.05, 3.63) is 52.6 Å².